The van der Waals surface area contributed by atoms with Crippen LogP contribution in [0.5, 0.6) is 0 Å². The van der Waals surface area contributed by atoms with Gasteiger partial charge in [0.1, 0.15) is 0 Å². The topological polar surface area (TPSA) is 41.5 Å². The first kappa shape index (κ1) is 13.8. The molecule has 0 saturated carbocycles. The van der Waals surface area contributed by atoms with Crippen LogP contribution in [0.1, 0.15) is 24.0 Å². The van der Waals surface area contributed by atoms with Crippen LogP contribution in [0, 0.1) is 13.8 Å². The molecule has 0 aromatic carbocycles. The molecule has 1 aromatic heterocycles. The Morgan fingerprint density at radius 3 is 2.70 bits per heavy atom. The quantitative estimate of drug-likeness (QED) is 0.775. The lowest BCUT2D eigenvalue weighted by atomic mass is 9.86. The van der Waals surface area contributed by atoms with Crippen molar-refractivity contribution < 1.29 is 4.74 Å². The SMILES string of the molecule is Cc1cnnc(N2CCN(C)C3(CCOCC3)C2)c1C. The van der Waals surface area contributed by atoms with E-state index in [0.717, 1.165) is 51.5 Å². The second kappa shape index (κ2) is 5.30. The predicted molar refractivity (Wildman–Crippen MR) is 79.1 cm³/mol. The first-order valence-corrected chi connectivity index (χ1v) is 7.45. The number of anilines is 1. The molecule has 0 bridgehead atoms. The van der Waals surface area contributed by atoms with Gasteiger partial charge in [0, 0.05) is 38.4 Å². The highest BCUT2D eigenvalue weighted by molar-refractivity contribution is 5.49. The largest absolute Gasteiger partial charge is 0.381 e. The van der Waals surface area contributed by atoms with E-state index in [9.17, 15) is 0 Å². The van der Waals surface area contributed by atoms with E-state index in [-0.39, 0.29) is 5.54 Å². The van der Waals surface area contributed by atoms with Crippen LogP contribution in [0.15, 0.2) is 6.20 Å². The summed E-state index contributed by atoms with van der Waals surface area (Å²) in [7, 11) is 2.25. The molecule has 2 saturated heterocycles. The van der Waals surface area contributed by atoms with Crippen LogP contribution in [-0.2, 0) is 4.74 Å². The standard InChI is InChI=1S/C15H24N4O/c1-12-10-16-17-14(13(12)2)19-7-6-18(3)15(11-19)4-8-20-9-5-15/h10H,4-9,11H2,1-3H3. The molecule has 110 valence electrons. The minimum Gasteiger partial charge on any atom is -0.381 e. The summed E-state index contributed by atoms with van der Waals surface area (Å²) < 4.78 is 5.56. The molecule has 5 heteroatoms. The van der Waals surface area contributed by atoms with Crippen molar-refractivity contribution in [3.8, 4) is 0 Å². The Morgan fingerprint density at radius 1 is 1.20 bits per heavy atom. The highest BCUT2D eigenvalue weighted by atomic mass is 16.5. The number of aryl methyl sites for hydroxylation is 1. The number of nitrogens with zero attached hydrogens (tertiary/aromatic N) is 4. The second-order valence-electron chi connectivity index (χ2n) is 6.16. The van der Waals surface area contributed by atoms with Gasteiger partial charge in [-0.2, -0.15) is 5.10 Å². The molecule has 3 rings (SSSR count). The molecule has 0 radical (unpaired) electrons. The number of hydrogen-bond donors (Lipinski definition) is 0. The smallest absolute Gasteiger partial charge is 0.154 e. The van der Waals surface area contributed by atoms with E-state index in [0.29, 0.717) is 0 Å². The van der Waals surface area contributed by atoms with Gasteiger partial charge in [-0.1, -0.05) is 0 Å². The monoisotopic (exact) mass is 276 g/mol. The maximum absolute atomic E-state index is 5.56. The van der Waals surface area contributed by atoms with Crippen molar-refractivity contribution in [3.63, 3.8) is 0 Å². The Bertz CT molecular complexity index is 485. The lowest BCUT2D eigenvalue weighted by molar-refractivity contribution is -0.0222. The van der Waals surface area contributed by atoms with Crippen molar-refractivity contribution >= 4 is 5.82 Å². The average Bonchev–Trinajstić information content (AvgIpc) is 2.46. The molecular weight excluding hydrogens is 252 g/mol. The molecule has 5 nitrogen and oxygen atoms in total. The van der Waals surface area contributed by atoms with Crippen molar-refractivity contribution in [1.82, 2.24) is 15.1 Å². The minimum atomic E-state index is 0.244. The third-order valence-corrected chi connectivity index (χ3v) is 5.05. The van der Waals surface area contributed by atoms with Crippen LogP contribution in [0.4, 0.5) is 5.82 Å². The number of ether oxygens (including phenoxy) is 1. The van der Waals surface area contributed by atoms with Gasteiger partial charge in [-0.15, -0.1) is 5.10 Å². The van der Waals surface area contributed by atoms with E-state index in [1.165, 1.54) is 11.1 Å². The normalized spacial score (nSPS) is 23.2. The van der Waals surface area contributed by atoms with Gasteiger partial charge in [-0.3, -0.25) is 4.90 Å². The van der Waals surface area contributed by atoms with Crippen LogP contribution >= 0.6 is 0 Å². The Labute approximate surface area is 120 Å². The highest BCUT2D eigenvalue weighted by Gasteiger charge is 2.41. The second-order valence-corrected chi connectivity index (χ2v) is 6.16. The number of piperazine rings is 1. The van der Waals surface area contributed by atoms with E-state index in [4.69, 9.17) is 4.74 Å². The zero-order chi connectivity index (χ0) is 14.2. The Hall–Kier alpha value is -1.20. The average molecular weight is 276 g/mol. The molecule has 2 aliphatic heterocycles. The van der Waals surface area contributed by atoms with Crippen LogP contribution < -0.4 is 4.90 Å². The summed E-state index contributed by atoms with van der Waals surface area (Å²) in [6.07, 6.45) is 4.07. The van der Waals surface area contributed by atoms with Crippen molar-refractivity contribution in [1.29, 1.82) is 0 Å². The molecule has 0 N–H and O–H groups in total. The molecule has 0 atom stereocenters. The molecular formula is C15H24N4O. The lowest BCUT2D eigenvalue weighted by Gasteiger charge is -2.51. The van der Waals surface area contributed by atoms with E-state index in [2.05, 4.69) is 40.9 Å². The summed E-state index contributed by atoms with van der Waals surface area (Å²) in [5, 5.41) is 8.53. The van der Waals surface area contributed by atoms with Crippen molar-refractivity contribution in [2.45, 2.75) is 32.2 Å². The van der Waals surface area contributed by atoms with Crippen LogP contribution in [-0.4, -0.2) is 60.5 Å². The molecule has 2 aliphatic rings. The summed E-state index contributed by atoms with van der Waals surface area (Å²) in [6.45, 7) is 9.13. The van der Waals surface area contributed by atoms with Crippen LogP contribution in [0.25, 0.3) is 0 Å². The maximum Gasteiger partial charge on any atom is 0.154 e. The van der Waals surface area contributed by atoms with Crippen molar-refractivity contribution in [2.75, 3.05) is 44.8 Å². The summed E-state index contributed by atoms with van der Waals surface area (Å²) in [4.78, 5) is 4.94. The third-order valence-electron chi connectivity index (χ3n) is 5.05. The van der Waals surface area contributed by atoms with Gasteiger partial charge in [0.25, 0.3) is 0 Å². The Morgan fingerprint density at radius 2 is 1.95 bits per heavy atom. The van der Waals surface area contributed by atoms with Crippen LogP contribution in [0.2, 0.25) is 0 Å². The third kappa shape index (κ3) is 2.29. The van der Waals surface area contributed by atoms with Gasteiger partial charge < -0.3 is 9.64 Å². The summed E-state index contributed by atoms with van der Waals surface area (Å²) in [6, 6.07) is 0. The van der Waals surface area contributed by atoms with Gasteiger partial charge in [0.15, 0.2) is 5.82 Å². The number of hydrogen-bond acceptors (Lipinski definition) is 5. The number of rotatable bonds is 1. The fourth-order valence-corrected chi connectivity index (χ4v) is 3.35. The van der Waals surface area contributed by atoms with E-state index in [1.54, 1.807) is 0 Å². The van der Waals surface area contributed by atoms with E-state index < -0.39 is 0 Å². The van der Waals surface area contributed by atoms with Gasteiger partial charge in [0.05, 0.1) is 6.20 Å². The summed E-state index contributed by atoms with van der Waals surface area (Å²) in [5.41, 5.74) is 2.72. The molecule has 0 amide bonds. The van der Waals surface area contributed by atoms with Crippen molar-refractivity contribution in [2.24, 2.45) is 0 Å². The molecule has 0 aliphatic carbocycles. The lowest BCUT2D eigenvalue weighted by Crippen LogP contribution is -2.63. The Balaban J connectivity index is 1.86. The van der Waals surface area contributed by atoms with Gasteiger partial charge in [-0.25, -0.2) is 0 Å². The Kier molecular flexibility index (Phi) is 3.65. The number of likely N-dealkylation sites (N-methyl/N-ethyl adjacent to an activating group) is 1. The summed E-state index contributed by atoms with van der Waals surface area (Å²) in [5.74, 6) is 1.06. The highest BCUT2D eigenvalue weighted by Crippen LogP contribution is 2.33. The summed E-state index contributed by atoms with van der Waals surface area (Å²) >= 11 is 0. The zero-order valence-corrected chi connectivity index (χ0v) is 12.7. The molecule has 1 aromatic rings. The molecule has 1 spiro atoms. The molecule has 0 unspecified atom stereocenters. The van der Waals surface area contributed by atoms with E-state index in [1.807, 2.05) is 6.20 Å². The predicted octanol–water partition coefficient (Wildman–Crippen LogP) is 1.39. The first-order chi connectivity index (χ1) is 9.62. The molecule has 2 fully saturated rings. The fourth-order valence-electron chi connectivity index (χ4n) is 3.35. The molecule has 20 heavy (non-hydrogen) atoms. The molecule has 3 heterocycles. The minimum absolute atomic E-state index is 0.244. The van der Waals surface area contributed by atoms with Crippen LogP contribution in [0.3, 0.4) is 0 Å². The maximum atomic E-state index is 5.56. The van der Waals surface area contributed by atoms with Gasteiger partial charge in [0.2, 0.25) is 0 Å². The number of aromatic nitrogens is 2. The zero-order valence-electron chi connectivity index (χ0n) is 12.7. The van der Waals surface area contributed by atoms with E-state index >= 15 is 0 Å². The fraction of sp³-hybridized carbons (Fsp3) is 0.733. The van der Waals surface area contributed by atoms with Gasteiger partial charge >= 0.3 is 0 Å². The first-order valence-electron chi connectivity index (χ1n) is 7.45. The van der Waals surface area contributed by atoms with Crippen molar-refractivity contribution in [3.05, 3.63) is 17.3 Å². The van der Waals surface area contributed by atoms with Gasteiger partial charge in [-0.05, 0) is 44.9 Å².